The SMILES string of the molecule is CCCCn1c(SCC(=O)Nc2cccc3nsnc23)n[nH]c1=O. The summed E-state index contributed by atoms with van der Waals surface area (Å²) in [6, 6.07) is 5.46. The first-order valence-corrected chi connectivity index (χ1v) is 9.19. The van der Waals surface area contributed by atoms with Crippen molar-refractivity contribution in [3.63, 3.8) is 0 Å². The van der Waals surface area contributed by atoms with Crippen molar-refractivity contribution in [3.05, 3.63) is 28.7 Å². The lowest BCUT2D eigenvalue weighted by Gasteiger charge is -2.06. The molecule has 0 fully saturated rings. The number of nitrogens with zero attached hydrogens (tertiary/aromatic N) is 4. The van der Waals surface area contributed by atoms with Crippen LogP contribution in [-0.2, 0) is 11.3 Å². The number of unbranched alkanes of at least 4 members (excludes halogenated alkanes) is 1. The summed E-state index contributed by atoms with van der Waals surface area (Å²) in [5.41, 5.74) is 1.83. The van der Waals surface area contributed by atoms with Gasteiger partial charge >= 0.3 is 5.69 Å². The molecule has 0 saturated carbocycles. The van der Waals surface area contributed by atoms with Gasteiger partial charge in [0.2, 0.25) is 5.91 Å². The van der Waals surface area contributed by atoms with Crippen LogP contribution in [0.25, 0.3) is 11.0 Å². The van der Waals surface area contributed by atoms with Gasteiger partial charge in [-0.25, -0.2) is 9.89 Å². The molecule has 24 heavy (non-hydrogen) atoms. The summed E-state index contributed by atoms with van der Waals surface area (Å²) in [5, 5.41) is 9.76. The Hall–Kier alpha value is -2.20. The lowest BCUT2D eigenvalue weighted by atomic mass is 10.2. The molecule has 0 unspecified atom stereocenters. The number of fused-ring (bicyclic) bond motifs is 1. The van der Waals surface area contributed by atoms with Crippen molar-refractivity contribution in [2.24, 2.45) is 0 Å². The third kappa shape index (κ3) is 3.65. The van der Waals surface area contributed by atoms with Crippen molar-refractivity contribution in [1.82, 2.24) is 23.5 Å². The van der Waals surface area contributed by atoms with E-state index in [1.165, 1.54) is 11.8 Å². The minimum Gasteiger partial charge on any atom is -0.323 e. The van der Waals surface area contributed by atoms with E-state index < -0.39 is 0 Å². The Balaban J connectivity index is 1.64. The maximum absolute atomic E-state index is 12.2. The van der Waals surface area contributed by atoms with Crippen LogP contribution >= 0.6 is 23.5 Å². The van der Waals surface area contributed by atoms with Gasteiger partial charge in [-0.2, -0.15) is 8.75 Å². The van der Waals surface area contributed by atoms with Gasteiger partial charge in [0, 0.05) is 6.54 Å². The summed E-state index contributed by atoms with van der Waals surface area (Å²) in [5.74, 6) is -0.0253. The number of thioether (sulfide) groups is 1. The summed E-state index contributed by atoms with van der Waals surface area (Å²) in [6.07, 6.45) is 1.87. The fourth-order valence-corrected chi connectivity index (χ4v) is 3.47. The molecule has 2 N–H and O–H groups in total. The predicted molar refractivity (Wildman–Crippen MR) is 94.5 cm³/mol. The smallest absolute Gasteiger partial charge is 0.323 e. The highest BCUT2D eigenvalue weighted by Crippen LogP contribution is 2.22. The van der Waals surface area contributed by atoms with Crippen LogP contribution in [0, 0.1) is 0 Å². The zero-order chi connectivity index (χ0) is 16.9. The fraction of sp³-hybridized carbons (Fsp3) is 0.357. The molecule has 2 aromatic heterocycles. The molecule has 0 aliphatic carbocycles. The van der Waals surface area contributed by atoms with E-state index in [4.69, 9.17) is 0 Å². The van der Waals surface area contributed by atoms with Crippen molar-refractivity contribution in [2.45, 2.75) is 31.5 Å². The Labute approximate surface area is 146 Å². The molecule has 0 bridgehead atoms. The van der Waals surface area contributed by atoms with Crippen molar-refractivity contribution < 1.29 is 4.79 Å². The molecule has 0 aliphatic heterocycles. The number of anilines is 1. The molecule has 126 valence electrons. The van der Waals surface area contributed by atoms with E-state index in [9.17, 15) is 9.59 Å². The molecule has 1 aromatic carbocycles. The molecule has 0 atom stereocenters. The predicted octanol–water partition coefficient (Wildman–Crippen LogP) is 2.11. The Morgan fingerprint density at radius 1 is 1.42 bits per heavy atom. The normalized spacial score (nSPS) is 11.0. The van der Waals surface area contributed by atoms with Gasteiger partial charge in [-0.1, -0.05) is 31.2 Å². The molecule has 2 heterocycles. The maximum Gasteiger partial charge on any atom is 0.343 e. The number of rotatable bonds is 7. The maximum atomic E-state index is 12.2. The number of H-pyrrole nitrogens is 1. The Kier molecular flexibility index (Phi) is 5.26. The summed E-state index contributed by atoms with van der Waals surface area (Å²) < 4.78 is 9.89. The first-order valence-electron chi connectivity index (χ1n) is 7.48. The number of carbonyl (C=O) groups excluding carboxylic acids is 1. The van der Waals surface area contributed by atoms with E-state index in [-0.39, 0.29) is 17.3 Å². The van der Waals surface area contributed by atoms with Crippen LogP contribution in [0.1, 0.15) is 19.8 Å². The van der Waals surface area contributed by atoms with Crippen LogP contribution < -0.4 is 11.0 Å². The molecule has 3 aromatic rings. The largest absolute Gasteiger partial charge is 0.343 e. The van der Waals surface area contributed by atoms with Crippen molar-refractivity contribution in [1.29, 1.82) is 0 Å². The molecular formula is C14H16N6O2S2. The highest BCUT2D eigenvalue weighted by molar-refractivity contribution is 7.99. The number of hydrogen-bond acceptors (Lipinski definition) is 7. The third-order valence-corrected chi connectivity index (χ3v) is 4.87. The summed E-state index contributed by atoms with van der Waals surface area (Å²) >= 11 is 2.34. The molecule has 10 heteroatoms. The number of benzene rings is 1. The lowest BCUT2D eigenvalue weighted by molar-refractivity contribution is -0.113. The van der Waals surface area contributed by atoms with Gasteiger partial charge in [0.25, 0.3) is 0 Å². The highest BCUT2D eigenvalue weighted by atomic mass is 32.2. The first-order chi connectivity index (χ1) is 11.7. The van der Waals surface area contributed by atoms with Gasteiger partial charge in [0.1, 0.15) is 11.0 Å². The molecule has 1 amide bonds. The van der Waals surface area contributed by atoms with Crippen LogP contribution in [0.4, 0.5) is 5.69 Å². The number of nitrogens with one attached hydrogen (secondary N) is 2. The van der Waals surface area contributed by atoms with Crippen molar-refractivity contribution >= 4 is 46.1 Å². The van der Waals surface area contributed by atoms with Crippen LogP contribution in [0.2, 0.25) is 0 Å². The second-order valence-corrected chi connectivity index (χ2v) is 6.56. The number of aromatic nitrogens is 5. The number of aromatic amines is 1. The molecule has 0 radical (unpaired) electrons. The molecule has 0 saturated heterocycles. The third-order valence-electron chi connectivity index (χ3n) is 3.35. The van der Waals surface area contributed by atoms with Gasteiger partial charge < -0.3 is 5.32 Å². The monoisotopic (exact) mass is 364 g/mol. The van der Waals surface area contributed by atoms with E-state index in [0.29, 0.717) is 22.9 Å². The number of amides is 1. The Bertz CT molecular complexity index is 900. The molecule has 3 rings (SSSR count). The average Bonchev–Trinajstić information content (AvgIpc) is 3.18. The average molecular weight is 364 g/mol. The minimum absolute atomic E-state index is 0.157. The number of hydrogen-bond donors (Lipinski definition) is 2. The van der Waals surface area contributed by atoms with E-state index >= 15 is 0 Å². The van der Waals surface area contributed by atoms with Gasteiger partial charge in [0.15, 0.2) is 5.16 Å². The van der Waals surface area contributed by atoms with Crippen LogP contribution in [0.15, 0.2) is 28.2 Å². The standard InChI is InChI=1S/C14H16N6O2S2/c1-2-3-7-20-13(22)16-17-14(20)23-8-11(21)15-9-5-4-6-10-12(9)19-24-18-10/h4-6H,2-3,7-8H2,1H3,(H,15,21)(H,16,22). The molecular weight excluding hydrogens is 348 g/mol. The fourth-order valence-electron chi connectivity index (χ4n) is 2.15. The Morgan fingerprint density at radius 2 is 2.29 bits per heavy atom. The minimum atomic E-state index is -0.246. The van der Waals surface area contributed by atoms with E-state index in [1.807, 2.05) is 12.1 Å². The van der Waals surface area contributed by atoms with E-state index in [2.05, 4.69) is 31.2 Å². The zero-order valence-electron chi connectivity index (χ0n) is 13.0. The zero-order valence-corrected chi connectivity index (χ0v) is 14.6. The van der Waals surface area contributed by atoms with E-state index in [0.717, 1.165) is 30.1 Å². The second kappa shape index (κ2) is 7.58. The molecule has 0 aliphatic rings. The topological polar surface area (TPSA) is 106 Å². The van der Waals surface area contributed by atoms with Crippen molar-refractivity contribution in [3.8, 4) is 0 Å². The quantitative estimate of drug-likeness (QED) is 0.622. The summed E-state index contributed by atoms with van der Waals surface area (Å²) in [4.78, 5) is 23.9. The first kappa shape index (κ1) is 16.7. The second-order valence-electron chi connectivity index (χ2n) is 5.09. The summed E-state index contributed by atoms with van der Waals surface area (Å²) in [7, 11) is 0. The van der Waals surface area contributed by atoms with Crippen LogP contribution in [-0.4, -0.2) is 35.2 Å². The van der Waals surface area contributed by atoms with Gasteiger partial charge in [-0.15, -0.1) is 5.10 Å². The van der Waals surface area contributed by atoms with Gasteiger partial charge in [-0.3, -0.25) is 9.36 Å². The van der Waals surface area contributed by atoms with Gasteiger partial charge in [0.05, 0.1) is 23.2 Å². The van der Waals surface area contributed by atoms with Gasteiger partial charge in [-0.05, 0) is 18.6 Å². The van der Waals surface area contributed by atoms with Crippen LogP contribution in [0.5, 0.6) is 0 Å². The summed E-state index contributed by atoms with van der Waals surface area (Å²) in [6.45, 7) is 2.65. The lowest BCUT2D eigenvalue weighted by Crippen LogP contribution is -2.19. The number of carbonyl (C=O) groups is 1. The molecule has 8 nitrogen and oxygen atoms in total. The molecule has 0 spiro atoms. The Morgan fingerprint density at radius 3 is 3.12 bits per heavy atom. The van der Waals surface area contributed by atoms with E-state index in [1.54, 1.807) is 10.6 Å². The van der Waals surface area contributed by atoms with Crippen molar-refractivity contribution in [2.75, 3.05) is 11.1 Å². The highest BCUT2D eigenvalue weighted by Gasteiger charge is 2.13. The van der Waals surface area contributed by atoms with Crippen LogP contribution in [0.3, 0.4) is 0 Å².